The molecule has 0 spiro atoms. The molecule has 1 amide bonds. The molecule has 0 N–H and O–H groups in total. The molecular formula is C23H26FN3O3S2. The summed E-state index contributed by atoms with van der Waals surface area (Å²) in [6.45, 7) is 4.68. The van der Waals surface area contributed by atoms with Crippen molar-refractivity contribution >= 4 is 37.5 Å². The van der Waals surface area contributed by atoms with Gasteiger partial charge in [0.25, 0.3) is 5.91 Å². The molecule has 1 unspecified atom stereocenters. The van der Waals surface area contributed by atoms with Crippen molar-refractivity contribution in [2.45, 2.75) is 37.5 Å². The topological polar surface area (TPSA) is 71.7 Å². The van der Waals surface area contributed by atoms with Gasteiger partial charge in [-0.1, -0.05) is 31.3 Å². The molecule has 0 bridgehead atoms. The highest BCUT2D eigenvalue weighted by molar-refractivity contribution is 7.89. The van der Waals surface area contributed by atoms with E-state index in [-0.39, 0.29) is 17.3 Å². The SMILES string of the molecule is CC(C)c1ccc2c(c1)sc(=NC(=O)C1CCCN(S(=O)(=O)c3ccc(F)cc3)C1)n2C. The number of carbonyl (C=O) groups excluding carboxylic acids is 1. The van der Waals surface area contributed by atoms with Crippen molar-refractivity contribution < 1.29 is 17.6 Å². The normalized spacial score (nSPS) is 18.5. The Bertz CT molecular complexity index is 1320. The molecule has 1 aromatic heterocycles. The molecule has 1 atom stereocenters. The number of sulfonamides is 1. The molecule has 1 fully saturated rings. The fraction of sp³-hybridized carbons (Fsp3) is 0.391. The molecular weight excluding hydrogens is 449 g/mol. The number of carbonyl (C=O) groups is 1. The number of aryl methyl sites for hydroxylation is 1. The number of aromatic nitrogens is 1. The number of nitrogens with zero attached hydrogens (tertiary/aromatic N) is 3. The second-order valence-electron chi connectivity index (χ2n) is 8.43. The van der Waals surface area contributed by atoms with E-state index in [9.17, 15) is 17.6 Å². The molecule has 9 heteroatoms. The van der Waals surface area contributed by atoms with Gasteiger partial charge in [0.1, 0.15) is 5.82 Å². The minimum absolute atomic E-state index is 0.0285. The first-order valence-corrected chi connectivity index (χ1v) is 12.9. The van der Waals surface area contributed by atoms with Gasteiger partial charge in [0.15, 0.2) is 4.80 Å². The van der Waals surface area contributed by atoms with Crippen molar-refractivity contribution in [2.75, 3.05) is 13.1 Å². The zero-order chi connectivity index (χ0) is 23.0. The van der Waals surface area contributed by atoms with Crippen LogP contribution in [0.2, 0.25) is 0 Å². The van der Waals surface area contributed by atoms with E-state index < -0.39 is 21.8 Å². The van der Waals surface area contributed by atoms with Crippen LogP contribution in [0.3, 0.4) is 0 Å². The standard InChI is InChI=1S/C23H26FN3O3S2/c1-15(2)16-6-11-20-21(13-16)31-23(26(20)3)25-22(28)17-5-4-12-27(14-17)32(29,30)19-9-7-18(24)8-10-19/h6-11,13,15,17H,4-5,12,14H2,1-3H3. The van der Waals surface area contributed by atoms with E-state index in [4.69, 9.17) is 0 Å². The summed E-state index contributed by atoms with van der Waals surface area (Å²) < 4.78 is 43.4. The van der Waals surface area contributed by atoms with E-state index >= 15 is 0 Å². The predicted molar refractivity (Wildman–Crippen MR) is 123 cm³/mol. The van der Waals surface area contributed by atoms with Crippen LogP contribution in [0, 0.1) is 11.7 Å². The van der Waals surface area contributed by atoms with Gasteiger partial charge in [0, 0.05) is 20.1 Å². The first-order chi connectivity index (χ1) is 15.2. The van der Waals surface area contributed by atoms with E-state index in [0.29, 0.717) is 30.1 Å². The van der Waals surface area contributed by atoms with Crippen molar-refractivity contribution in [3.05, 3.63) is 58.6 Å². The Morgan fingerprint density at radius 2 is 1.91 bits per heavy atom. The maximum absolute atomic E-state index is 13.2. The quantitative estimate of drug-likeness (QED) is 0.572. The van der Waals surface area contributed by atoms with Crippen molar-refractivity contribution in [3.63, 3.8) is 0 Å². The van der Waals surface area contributed by atoms with Crippen LogP contribution in [0.15, 0.2) is 52.4 Å². The van der Waals surface area contributed by atoms with Gasteiger partial charge in [0.05, 0.1) is 21.0 Å². The van der Waals surface area contributed by atoms with E-state index in [2.05, 4.69) is 31.0 Å². The number of fused-ring (bicyclic) bond motifs is 1. The lowest BCUT2D eigenvalue weighted by atomic mass is 9.99. The molecule has 170 valence electrons. The Morgan fingerprint density at radius 1 is 1.19 bits per heavy atom. The van der Waals surface area contributed by atoms with Gasteiger partial charge >= 0.3 is 0 Å². The summed E-state index contributed by atoms with van der Waals surface area (Å²) in [4.78, 5) is 18.0. The number of halogens is 1. The number of piperidine rings is 1. The van der Waals surface area contributed by atoms with Gasteiger partial charge in [-0.15, -0.1) is 0 Å². The Balaban J connectivity index is 1.59. The van der Waals surface area contributed by atoms with Crippen LogP contribution >= 0.6 is 11.3 Å². The van der Waals surface area contributed by atoms with Crippen LogP contribution in [0.1, 0.15) is 38.2 Å². The fourth-order valence-corrected chi connectivity index (χ4v) is 6.52. The van der Waals surface area contributed by atoms with E-state index in [1.54, 1.807) is 0 Å². The Labute approximate surface area is 191 Å². The molecule has 1 saturated heterocycles. The van der Waals surface area contributed by atoms with E-state index in [0.717, 1.165) is 22.3 Å². The number of hydrogen-bond acceptors (Lipinski definition) is 4. The summed E-state index contributed by atoms with van der Waals surface area (Å²) in [6, 6.07) is 11.0. The van der Waals surface area contributed by atoms with Gasteiger partial charge < -0.3 is 4.57 Å². The van der Waals surface area contributed by atoms with Crippen LogP contribution in [-0.4, -0.2) is 36.3 Å². The molecule has 2 heterocycles. The molecule has 32 heavy (non-hydrogen) atoms. The number of hydrogen-bond donors (Lipinski definition) is 0. The van der Waals surface area contributed by atoms with E-state index in [1.807, 2.05) is 17.7 Å². The molecule has 0 radical (unpaired) electrons. The Kier molecular flexibility index (Phi) is 6.33. The molecule has 6 nitrogen and oxygen atoms in total. The maximum atomic E-state index is 13.2. The van der Waals surface area contributed by atoms with Crippen LogP contribution in [-0.2, 0) is 21.9 Å². The zero-order valence-electron chi connectivity index (χ0n) is 18.3. The fourth-order valence-electron chi connectivity index (χ4n) is 3.92. The van der Waals surface area contributed by atoms with Crippen molar-refractivity contribution in [3.8, 4) is 0 Å². The smallest absolute Gasteiger partial charge is 0.252 e. The van der Waals surface area contributed by atoms with Gasteiger partial charge in [-0.25, -0.2) is 12.8 Å². The van der Waals surface area contributed by atoms with Crippen molar-refractivity contribution in [1.82, 2.24) is 8.87 Å². The summed E-state index contributed by atoms with van der Waals surface area (Å²) in [6.07, 6.45) is 1.16. The third-order valence-corrected chi connectivity index (χ3v) is 8.86. The van der Waals surface area contributed by atoms with Gasteiger partial charge in [0.2, 0.25) is 10.0 Å². The average molecular weight is 476 g/mol. The predicted octanol–water partition coefficient (Wildman–Crippen LogP) is 4.03. The Hall–Kier alpha value is -2.36. The first kappa shape index (κ1) is 22.8. The lowest BCUT2D eigenvalue weighted by Crippen LogP contribution is -2.42. The molecule has 0 saturated carbocycles. The molecule has 3 aromatic rings. The van der Waals surface area contributed by atoms with Gasteiger partial charge in [-0.2, -0.15) is 9.30 Å². The highest BCUT2D eigenvalue weighted by atomic mass is 32.2. The van der Waals surface area contributed by atoms with E-state index in [1.165, 1.54) is 33.3 Å². The summed E-state index contributed by atoms with van der Waals surface area (Å²) in [7, 11) is -1.91. The molecule has 0 aliphatic carbocycles. The molecule has 2 aromatic carbocycles. The number of thiazole rings is 1. The third-order valence-electron chi connectivity index (χ3n) is 5.89. The number of rotatable bonds is 4. The summed E-state index contributed by atoms with van der Waals surface area (Å²) in [5.74, 6) is -0.901. The minimum atomic E-state index is -3.79. The summed E-state index contributed by atoms with van der Waals surface area (Å²) in [5, 5.41) is 0. The second kappa shape index (κ2) is 8.88. The Morgan fingerprint density at radius 3 is 2.59 bits per heavy atom. The zero-order valence-corrected chi connectivity index (χ0v) is 19.9. The van der Waals surface area contributed by atoms with Crippen molar-refractivity contribution in [1.29, 1.82) is 0 Å². The lowest BCUT2D eigenvalue weighted by molar-refractivity contribution is -0.122. The maximum Gasteiger partial charge on any atom is 0.252 e. The van der Waals surface area contributed by atoms with Gasteiger partial charge in [-0.05, 0) is 60.7 Å². The number of benzene rings is 2. The monoisotopic (exact) mass is 475 g/mol. The van der Waals surface area contributed by atoms with Crippen LogP contribution < -0.4 is 4.80 Å². The van der Waals surface area contributed by atoms with Crippen LogP contribution in [0.5, 0.6) is 0 Å². The van der Waals surface area contributed by atoms with Crippen LogP contribution in [0.25, 0.3) is 10.2 Å². The van der Waals surface area contributed by atoms with Crippen molar-refractivity contribution in [2.24, 2.45) is 18.0 Å². The second-order valence-corrected chi connectivity index (χ2v) is 11.4. The third kappa shape index (κ3) is 4.42. The molecule has 1 aliphatic heterocycles. The summed E-state index contributed by atoms with van der Waals surface area (Å²) >= 11 is 1.46. The lowest BCUT2D eigenvalue weighted by Gasteiger charge is -2.30. The molecule has 4 rings (SSSR count). The highest BCUT2D eigenvalue weighted by Gasteiger charge is 2.33. The minimum Gasteiger partial charge on any atom is -0.319 e. The molecule has 1 aliphatic rings. The van der Waals surface area contributed by atoms with Gasteiger partial charge in [-0.3, -0.25) is 4.79 Å². The average Bonchev–Trinajstić information content (AvgIpc) is 3.08. The summed E-state index contributed by atoms with van der Waals surface area (Å²) in [5.41, 5.74) is 2.24. The first-order valence-electron chi connectivity index (χ1n) is 10.6. The largest absolute Gasteiger partial charge is 0.319 e. The number of amides is 1. The highest BCUT2D eigenvalue weighted by Crippen LogP contribution is 2.26. The van der Waals surface area contributed by atoms with Crippen LogP contribution in [0.4, 0.5) is 4.39 Å².